The van der Waals surface area contributed by atoms with E-state index in [-0.39, 0.29) is 12.2 Å². The number of hydrazone groups is 1. The van der Waals surface area contributed by atoms with Crippen LogP contribution in [-0.2, 0) is 6.61 Å². The van der Waals surface area contributed by atoms with Crippen LogP contribution in [0, 0.1) is 3.57 Å². The maximum Gasteiger partial charge on any atom is 0.462 e. The molecule has 158 valence electrons. The fourth-order valence-corrected chi connectivity index (χ4v) is 2.81. The Morgan fingerprint density at radius 3 is 2.28 bits per heavy atom. The third-order valence-electron chi connectivity index (χ3n) is 3.47. The lowest BCUT2D eigenvalue weighted by Gasteiger charge is -2.27. The van der Waals surface area contributed by atoms with Crippen molar-refractivity contribution in [1.29, 1.82) is 0 Å². The molecule has 2 rings (SSSR count). The van der Waals surface area contributed by atoms with E-state index in [9.17, 15) is 30.7 Å². The predicted molar refractivity (Wildman–Crippen MR) is 102 cm³/mol. The van der Waals surface area contributed by atoms with Gasteiger partial charge in [-0.3, -0.25) is 0 Å². The molecule has 0 aliphatic carbocycles. The van der Waals surface area contributed by atoms with E-state index in [4.69, 9.17) is 16.3 Å². The van der Waals surface area contributed by atoms with Crippen molar-refractivity contribution in [1.82, 2.24) is 5.43 Å². The van der Waals surface area contributed by atoms with Crippen molar-refractivity contribution >= 4 is 40.4 Å². The highest BCUT2D eigenvalue weighted by atomic mass is 127. The van der Waals surface area contributed by atoms with Crippen LogP contribution in [0.5, 0.6) is 5.75 Å². The minimum Gasteiger partial charge on any atom is -0.488 e. The van der Waals surface area contributed by atoms with Crippen LogP contribution in [0.25, 0.3) is 0 Å². The number of hydrogen-bond donors (Lipinski definition) is 1. The van der Waals surface area contributed by atoms with E-state index in [0.29, 0.717) is 26.0 Å². The summed E-state index contributed by atoms with van der Waals surface area (Å²) in [5.41, 5.74) is 1.45. The molecule has 0 radical (unpaired) electrons. The SMILES string of the molecule is FC(F)(F)C(F)(F)C(F)(F)N/N=C/c1ccc(OCc2ccccc2Cl)c(I)c1. The molecule has 0 amide bonds. The van der Waals surface area contributed by atoms with E-state index in [1.165, 1.54) is 18.2 Å². The van der Waals surface area contributed by atoms with Gasteiger partial charge < -0.3 is 4.74 Å². The number of nitrogens with zero attached hydrogens (tertiary/aromatic N) is 1. The third kappa shape index (κ3) is 5.65. The summed E-state index contributed by atoms with van der Waals surface area (Å²) in [5.74, 6) is -5.87. The summed E-state index contributed by atoms with van der Waals surface area (Å²) < 4.78 is 94.0. The maximum absolute atomic E-state index is 13.1. The number of halogens is 9. The second-order valence-corrected chi connectivity index (χ2v) is 7.16. The second kappa shape index (κ2) is 8.94. The Balaban J connectivity index is 2.04. The molecule has 0 unspecified atom stereocenters. The van der Waals surface area contributed by atoms with Gasteiger partial charge in [0.25, 0.3) is 0 Å². The molecule has 0 aliphatic heterocycles. The van der Waals surface area contributed by atoms with Crippen LogP contribution in [0.2, 0.25) is 5.02 Å². The van der Waals surface area contributed by atoms with Crippen LogP contribution >= 0.6 is 34.2 Å². The van der Waals surface area contributed by atoms with E-state index in [2.05, 4.69) is 5.10 Å². The summed E-state index contributed by atoms with van der Waals surface area (Å²) in [7, 11) is 0. The molecule has 0 heterocycles. The highest BCUT2D eigenvalue weighted by Gasteiger charge is 2.73. The molecular formula is C17H11ClF7IN2O. The number of rotatable bonds is 7. The van der Waals surface area contributed by atoms with Gasteiger partial charge in [0.1, 0.15) is 12.4 Å². The summed E-state index contributed by atoms with van der Waals surface area (Å²) >= 11 is 7.89. The first-order valence-corrected chi connectivity index (χ1v) is 9.09. The molecule has 0 spiro atoms. The Morgan fingerprint density at radius 1 is 1.03 bits per heavy atom. The first-order chi connectivity index (χ1) is 13.3. The minimum atomic E-state index is -6.44. The van der Waals surface area contributed by atoms with Gasteiger partial charge in [0, 0.05) is 10.6 Å². The van der Waals surface area contributed by atoms with Crippen LogP contribution in [0.15, 0.2) is 47.6 Å². The molecule has 12 heteroatoms. The lowest BCUT2D eigenvalue weighted by atomic mass is 10.2. The molecule has 0 aliphatic rings. The van der Waals surface area contributed by atoms with E-state index >= 15 is 0 Å². The van der Waals surface area contributed by atoms with Gasteiger partial charge in [-0.1, -0.05) is 29.8 Å². The predicted octanol–water partition coefficient (Wildman–Crippen LogP) is 6.24. The zero-order chi connectivity index (χ0) is 21.9. The Labute approximate surface area is 179 Å². The van der Waals surface area contributed by atoms with Gasteiger partial charge in [0.15, 0.2) is 0 Å². The van der Waals surface area contributed by atoms with Gasteiger partial charge in [0.2, 0.25) is 0 Å². The van der Waals surface area contributed by atoms with Crippen LogP contribution in [-0.4, -0.2) is 24.4 Å². The molecule has 0 saturated heterocycles. The normalized spacial score (nSPS) is 13.0. The molecule has 3 nitrogen and oxygen atoms in total. The fourth-order valence-electron chi connectivity index (χ4n) is 1.92. The highest BCUT2D eigenvalue weighted by Crippen LogP contribution is 2.45. The number of nitrogens with one attached hydrogen (secondary N) is 1. The number of hydrogen-bond acceptors (Lipinski definition) is 3. The smallest absolute Gasteiger partial charge is 0.462 e. The van der Waals surface area contributed by atoms with Crippen LogP contribution in [0.3, 0.4) is 0 Å². The average Bonchev–Trinajstić information content (AvgIpc) is 2.61. The van der Waals surface area contributed by atoms with Gasteiger partial charge in [0.05, 0.1) is 9.78 Å². The van der Waals surface area contributed by atoms with Crippen molar-refractivity contribution in [3.63, 3.8) is 0 Å². The van der Waals surface area contributed by atoms with Gasteiger partial charge in [-0.05, 0) is 52.4 Å². The topological polar surface area (TPSA) is 33.6 Å². The summed E-state index contributed by atoms with van der Waals surface area (Å²) in [4.78, 5) is 0. The van der Waals surface area contributed by atoms with Crippen LogP contribution < -0.4 is 10.2 Å². The Morgan fingerprint density at radius 2 is 1.69 bits per heavy atom. The molecule has 0 bridgehead atoms. The van der Waals surface area contributed by atoms with Crippen LogP contribution in [0.4, 0.5) is 30.7 Å². The van der Waals surface area contributed by atoms with Gasteiger partial charge in [-0.25, -0.2) is 5.43 Å². The highest BCUT2D eigenvalue weighted by molar-refractivity contribution is 14.1. The molecular weight excluding hydrogens is 544 g/mol. The van der Waals surface area contributed by atoms with Crippen molar-refractivity contribution in [2.45, 2.75) is 24.8 Å². The summed E-state index contributed by atoms with van der Waals surface area (Å²) in [6.45, 7) is 0.156. The monoisotopic (exact) mass is 554 g/mol. The Bertz CT molecular complexity index is 890. The molecule has 1 N–H and O–H groups in total. The molecule has 29 heavy (non-hydrogen) atoms. The molecule has 2 aromatic carbocycles. The van der Waals surface area contributed by atoms with Gasteiger partial charge in [-0.15, -0.1) is 0 Å². The number of benzene rings is 2. The third-order valence-corrected chi connectivity index (χ3v) is 4.68. The van der Waals surface area contributed by atoms with Crippen molar-refractivity contribution in [3.8, 4) is 5.75 Å². The zero-order valence-corrected chi connectivity index (χ0v) is 17.0. The van der Waals surface area contributed by atoms with E-state index < -0.39 is 18.1 Å². The van der Waals surface area contributed by atoms with Gasteiger partial charge >= 0.3 is 18.1 Å². The fraction of sp³-hybridized carbons (Fsp3) is 0.235. The summed E-state index contributed by atoms with van der Waals surface area (Å²) in [6, 6.07) is 5.60. The van der Waals surface area contributed by atoms with E-state index in [1.807, 2.05) is 22.6 Å². The number of ether oxygens (including phenoxy) is 1. The van der Waals surface area contributed by atoms with Crippen LogP contribution in [0.1, 0.15) is 11.1 Å². The van der Waals surface area contributed by atoms with Crippen molar-refractivity contribution in [2.24, 2.45) is 5.10 Å². The molecule has 2 aromatic rings. The molecule has 0 atom stereocenters. The average molecular weight is 555 g/mol. The zero-order valence-electron chi connectivity index (χ0n) is 14.1. The molecule has 0 saturated carbocycles. The standard InChI is InChI=1S/C17H11ClF7IN2O/c18-12-4-2-1-3-11(12)9-29-14-6-5-10(7-13(14)26)8-27-28-17(24,25)15(19,20)16(21,22)23/h1-8,28H,9H2/b27-8+. The van der Waals surface area contributed by atoms with Gasteiger partial charge in [-0.2, -0.15) is 35.8 Å². The quantitative estimate of drug-likeness (QED) is 0.145. The van der Waals surface area contributed by atoms with E-state index in [0.717, 1.165) is 5.56 Å². The summed E-state index contributed by atoms with van der Waals surface area (Å²) in [5, 5.41) is 3.31. The number of alkyl halides is 7. The Hall–Kier alpha value is -1.76. The first kappa shape index (κ1) is 23.5. The second-order valence-electron chi connectivity index (χ2n) is 5.59. The van der Waals surface area contributed by atoms with Crippen molar-refractivity contribution in [3.05, 3.63) is 62.2 Å². The lowest BCUT2D eigenvalue weighted by molar-refractivity contribution is -0.361. The van der Waals surface area contributed by atoms with Crippen molar-refractivity contribution < 1.29 is 35.5 Å². The largest absolute Gasteiger partial charge is 0.488 e. The maximum atomic E-state index is 13.1. The van der Waals surface area contributed by atoms with Crippen molar-refractivity contribution in [2.75, 3.05) is 0 Å². The first-order valence-electron chi connectivity index (χ1n) is 7.63. The minimum absolute atomic E-state index is 0.156. The summed E-state index contributed by atoms with van der Waals surface area (Å²) in [6.07, 6.45) is -5.75. The lowest BCUT2D eigenvalue weighted by Crippen LogP contribution is -2.58. The van der Waals surface area contributed by atoms with E-state index in [1.54, 1.807) is 24.3 Å². The Kier molecular flexibility index (Phi) is 7.25. The molecule has 0 fully saturated rings. The molecule has 0 aromatic heterocycles.